The van der Waals surface area contributed by atoms with Gasteiger partial charge < -0.3 is 40.3 Å². The van der Waals surface area contributed by atoms with Gasteiger partial charge in [-0.05, 0) is 103 Å². The summed E-state index contributed by atoms with van der Waals surface area (Å²) in [5.41, 5.74) is 0. The first-order chi connectivity index (χ1) is 37.3. The summed E-state index contributed by atoms with van der Waals surface area (Å²) in [6.07, 6.45) is 75.5. The number of aliphatic hydroxyl groups is 5. The molecule has 1 aliphatic heterocycles. The molecule has 6 N–H and O–H groups in total. The highest BCUT2D eigenvalue weighted by Gasteiger charge is 2.44. The van der Waals surface area contributed by atoms with Crippen molar-refractivity contribution in [3.8, 4) is 0 Å². The van der Waals surface area contributed by atoms with Gasteiger partial charge in [-0.25, -0.2) is 0 Å². The maximum Gasteiger partial charge on any atom is 0.220 e. The Hall–Kier alpha value is -3.41. The lowest BCUT2D eigenvalue weighted by atomic mass is 9.99. The van der Waals surface area contributed by atoms with Crippen LogP contribution < -0.4 is 5.32 Å². The van der Waals surface area contributed by atoms with E-state index in [4.69, 9.17) is 9.47 Å². The molecule has 1 saturated heterocycles. The topological polar surface area (TPSA) is 149 Å². The molecule has 1 rings (SSSR count). The number of carbonyl (C=O) groups excluding carboxylic acids is 1. The zero-order valence-corrected chi connectivity index (χ0v) is 48.2. The molecule has 0 aromatic carbocycles. The van der Waals surface area contributed by atoms with Crippen molar-refractivity contribution >= 4 is 5.91 Å². The number of hydrogen-bond acceptors (Lipinski definition) is 8. The SMILES string of the molecule is CC/C=C\C/C=C\C/C=C\C/C=C\C/C=C\C/C=C\C/C=C\CCCCCCCCCC(=O)NC(COC1OC(CO)C(O)C(O)C1O)C(O)/C=C/CC/C=C/CC/C=C/CCCCCCCCCCCCCCCC. The van der Waals surface area contributed by atoms with E-state index >= 15 is 0 Å². The van der Waals surface area contributed by atoms with Gasteiger partial charge in [-0.1, -0.05) is 251 Å². The average Bonchev–Trinajstić information content (AvgIpc) is 3.42. The molecule has 7 unspecified atom stereocenters. The first kappa shape index (κ1) is 70.6. The second-order valence-corrected chi connectivity index (χ2v) is 20.7. The van der Waals surface area contributed by atoms with Gasteiger partial charge in [0.05, 0.1) is 25.4 Å². The minimum atomic E-state index is -1.59. The van der Waals surface area contributed by atoms with Crippen molar-refractivity contribution in [1.82, 2.24) is 5.32 Å². The van der Waals surface area contributed by atoms with Gasteiger partial charge in [0.25, 0.3) is 0 Å². The van der Waals surface area contributed by atoms with Gasteiger partial charge >= 0.3 is 0 Å². The number of rotatable bonds is 51. The maximum absolute atomic E-state index is 13.1. The molecule has 0 aliphatic carbocycles. The predicted octanol–water partition coefficient (Wildman–Crippen LogP) is 15.9. The van der Waals surface area contributed by atoms with E-state index < -0.39 is 49.5 Å². The predicted molar refractivity (Wildman–Crippen MR) is 322 cm³/mol. The molecule has 1 amide bonds. The fourth-order valence-electron chi connectivity index (χ4n) is 8.93. The van der Waals surface area contributed by atoms with Crippen LogP contribution in [0.1, 0.15) is 239 Å². The summed E-state index contributed by atoms with van der Waals surface area (Å²) in [5.74, 6) is -0.206. The zero-order valence-electron chi connectivity index (χ0n) is 48.2. The molecule has 0 bridgehead atoms. The van der Waals surface area contributed by atoms with E-state index in [0.29, 0.717) is 6.42 Å². The van der Waals surface area contributed by atoms with Gasteiger partial charge in [-0.15, -0.1) is 0 Å². The summed E-state index contributed by atoms with van der Waals surface area (Å²) >= 11 is 0. The highest BCUT2D eigenvalue weighted by atomic mass is 16.7. The number of hydrogen-bond donors (Lipinski definition) is 6. The molecule has 434 valence electrons. The van der Waals surface area contributed by atoms with Crippen LogP contribution in [0.5, 0.6) is 0 Å². The molecule has 1 aliphatic rings. The van der Waals surface area contributed by atoms with Crippen molar-refractivity contribution in [2.24, 2.45) is 0 Å². The summed E-state index contributed by atoms with van der Waals surface area (Å²) in [7, 11) is 0. The van der Waals surface area contributed by atoms with Gasteiger partial charge in [0.2, 0.25) is 5.91 Å². The Morgan fingerprint density at radius 3 is 1.26 bits per heavy atom. The van der Waals surface area contributed by atoms with Crippen LogP contribution >= 0.6 is 0 Å². The second-order valence-electron chi connectivity index (χ2n) is 20.7. The highest BCUT2D eigenvalue weighted by molar-refractivity contribution is 5.76. The van der Waals surface area contributed by atoms with Crippen LogP contribution in [0.25, 0.3) is 0 Å². The Balaban J connectivity index is 2.27. The van der Waals surface area contributed by atoms with Crippen LogP contribution in [0.3, 0.4) is 0 Å². The van der Waals surface area contributed by atoms with E-state index in [0.717, 1.165) is 109 Å². The average molecular weight is 1060 g/mol. The molecular formula is C67H113NO8. The zero-order chi connectivity index (χ0) is 55.0. The van der Waals surface area contributed by atoms with Crippen molar-refractivity contribution < 1.29 is 39.8 Å². The molecule has 9 heteroatoms. The van der Waals surface area contributed by atoms with E-state index in [9.17, 15) is 30.3 Å². The first-order valence-corrected chi connectivity index (χ1v) is 30.8. The summed E-state index contributed by atoms with van der Waals surface area (Å²) in [6.45, 7) is 3.64. The lowest BCUT2D eigenvalue weighted by Crippen LogP contribution is -2.60. The van der Waals surface area contributed by atoms with Crippen molar-refractivity contribution in [2.45, 2.75) is 281 Å². The molecule has 0 radical (unpaired) electrons. The van der Waals surface area contributed by atoms with Gasteiger partial charge in [0.1, 0.15) is 24.4 Å². The molecule has 0 aromatic heterocycles. The Bertz CT molecular complexity index is 1610. The molecule has 0 spiro atoms. The molecular weight excluding hydrogens is 947 g/mol. The van der Waals surface area contributed by atoms with E-state index in [1.54, 1.807) is 6.08 Å². The lowest BCUT2D eigenvalue weighted by molar-refractivity contribution is -0.302. The maximum atomic E-state index is 13.1. The third kappa shape index (κ3) is 43.6. The van der Waals surface area contributed by atoms with Crippen molar-refractivity contribution in [3.63, 3.8) is 0 Å². The number of aliphatic hydroxyl groups excluding tert-OH is 5. The Labute approximate surface area is 465 Å². The van der Waals surface area contributed by atoms with E-state index in [2.05, 4.69) is 129 Å². The minimum absolute atomic E-state index is 0.206. The van der Waals surface area contributed by atoms with Crippen LogP contribution in [0.2, 0.25) is 0 Å². The van der Waals surface area contributed by atoms with E-state index in [1.807, 2.05) is 6.08 Å². The lowest BCUT2D eigenvalue weighted by Gasteiger charge is -2.40. The summed E-state index contributed by atoms with van der Waals surface area (Å²) in [6, 6.07) is -0.845. The van der Waals surface area contributed by atoms with E-state index in [1.165, 1.54) is 109 Å². The smallest absolute Gasteiger partial charge is 0.220 e. The van der Waals surface area contributed by atoms with Crippen molar-refractivity contribution in [3.05, 3.63) is 122 Å². The second kappa shape index (κ2) is 54.9. The van der Waals surface area contributed by atoms with Crippen LogP contribution in [0.4, 0.5) is 0 Å². The van der Waals surface area contributed by atoms with Gasteiger partial charge in [0.15, 0.2) is 6.29 Å². The number of nitrogens with one attached hydrogen (secondary N) is 1. The third-order valence-corrected chi connectivity index (χ3v) is 13.7. The number of carbonyl (C=O) groups is 1. The van der Waals surface area contributed by atoms with Crippen LogP contribution in [-0.4, -0.2) is 87.5 Å². The monoisotopic (exact) mass is 1060 g/mol. The van der Waals surface area contributed by atoms with Gasteiger partial charge in [-0.2, -0.15) is 0 Å². The normalized spacial score (nSPS) is 19.7. The Morgan fingerprint density at radius 2 is 0.829 bits per heavy atom. The number of unbranched alkanes of at least 4 members (excludes halogenated alkanes) is 23. The summed E-state index contributed by atoms with van der Waals surface area (Å²) < 4.78 is 11.3. The fourth-order valence-corrected chi connectivity index (χ4v) is 8.93. The molecule has 0 saturated carbocycles. The molecule has 1 fully saturated rings. The summed E-state index contributed by atoms with van der Waals surface area (Å²) in [4.78, 5) is 13.1. The number of amides is 1. The molecule has 9 nitrogen and oxygen atoms in total. The number of ether oxygens (including phenoxy) is 2. The van der Waals surface area contributed by atoms with E-state index in [-0.39, 0.29) is 12.5 Å². The number of allylic oxidation sites excluding steroid dienone is 19. The highest BCUT2D eigenvalue weighted by Crippen LogP contribution is 2.23. The van der Waals surface area contributed by atoms with Crippen molar-refractivity contribution in [1.29, 1.82) is 0 Å². The summed E-state index contributed by atoms with van der Waals surface area (Å²) in [5, 5.41) is 54.6. The largest absolute Gasteiger partial charge is 0.394 e. The van der Waals surface area contributed by atoms with Crippen molar-refractivity contribution in [2.75, 3.05) is 13.2 Å². The van der Waals surface area contributed by atoms with Crippen LogP contribution in [0, 0.1) is 0 Å². The minimum Gasteiger partial charge on any atom is -0.394 e. The fraction of sp³-hybridized carbons (Fsp3) is 0.687. The quantitative estimate of drug-likeness (QED) is 0.0261. The van der Waals surface area contributed by atoms with Gasteiger partial charge in [0, 0.05) is 6.42 Å². The molecule has 1 heterocycles. The molecule has 76 heavy (non-hydrogen) atoms. The standard InChI is InChI=1S/C67H113NO8/c1-3-5-7-9-11-13-15-17-19-21-23-25-27-29-30-31-32-33-35-37-39-41-43-45-47-49-51-53-55-57-63(71)68-60(59-75-67-66(74)65(73)64(72)62(58-69)76-67)61(70)56-54-52-50-48-46-44-42-40-38-36-34-28-26-24-22-20-18-16-14-12-10-8-6-4-2/h5,7,11,13,17,19,23,25,29-30,32-33,37-40,46,48,54,56,60-62,64-67,69-70,72-74H,3-4,6,8-10,12,14-16,18,20-22,24,26-28,31,34-36,41-45,47,49-53,55,57-59H2,1-2H3,(H,68,71)/b7-5-,13-11-,19-17-,25-23-,30-29-,33-32-,39-37-,40-38+,48-46+,56-54+. The van der Waals surface area contributed by atoms with Crippen LogP contribution in [0.15, 0.2) is 122 Å². The molecule has 7 atom stereocenters. The Morgan fingerprint density at radius 1 is 0.461 bits per heavy atom. The Kier molecular flexibility index (Phi) is 51.0. The third-order valence-electron chi connectivity index (χ3n) is 13.7. The molecule has 0 aromatic rings. The van der Waals surface area contributed by atoms with Crippen LogP contribution in [-0.2, 0) is 14.3 Å². The van der Waals surface area contributed by atoms with Gasteiger partial charge in [-0.3, -0.25) is 4.79 Å². The first-order valence-electron chi connectivity index (χ1n) is 30.8.